The fourth-order valence-corrected chi connectivity index (χ4v) is 2.18. The molecule has 0 amide bonds. The molecule has 2 aromatic carbocycles. The van der Waals surface area contributed by atoms with Crippen LogP contribution in [0.15, 0.2) is 48.5 Å². The summed E-state index contributed by atoms with van der Waals surface area (Å²) in [6, 6.07) is 17.3. The van der Waals surface area contributed by atoms with Gasteiger partial charge >= 0.3 is 0 Å². The van der Waals surface area contributed by atoms with E-state index in [4.69, 9.17) is 0 Å². The molecule has 0 nitrogen and oxygen atoms in total. The third-order valence-electron chi connectivity index (χ3n) is 2.56. The van der Waals surface area contributed by atoms with Crippen molar-refractivity contribution in [2.24, 2.45) is 0 Å². The molecule has 0 N–H and O–H groups in total. The molecule has 2 rings (SSSR count). The molecule has 15 heavy (non-hydrogen) atoms. The number of hydrogen-bond donors (Lipinski definition) is 0. The van der Waals surface area contributed by atoms with Gasteiger partial charge in [0.2, 0.25) is 0 Å². The van der Waals surface area contributed by atoms with Gasteiger partial charge in [-0.25, -0.2) is 0 Å². The number of hydrogen-bond acceptors (Lipinski definition) is 0. The molecule has 1 heteroatoms. The lowest BCUT2D eigenvalue weighted by Crippen LogP contribution is -1.83. The third-order valence-corrected chi connectivity index (χ3v) is 3.45. The Balaban J connectivity index is 2.42. The van der Waals surface area contributed by atoms with Crippen LogP contribution in [0.1, 0.15) is 11.1 Å². The molecule has 0 saturated carbocycles. The second-order valence-corrected chi connectivity index (χ2v) is 4.41. The number of benzene rings is 2. The lowest BCUT2D eigenvalue weighted by Gasteiger charge is -2.06. The second-order valence-electron chi connectivity index (χ2n) is 3.65. The first-order valence-corrected chi connectivity index (χ1v) is 6.55. The zero-order valence-electron chi connectivity index (χ0n) is 8.70. The Morgan fingerprint density at radius 2 is 1.60 bits per heavy atom. The van der Waals surface area contributed by atoms with Gasteiger partial charge in [-0.1, -0.05) is 71.1 Å². The molecule has 0 unspecified atom stereocenters. The van der Waals surface area contributed by atoms with Crippen molar-refractivity contribution in [3.63, 3.8) is 0 Å². The summed E-state index contributed by atoms with van der Waals surface area (Å²) in [7, 11) is 0. The van der Waals surface area contributed by atoms with Crippen molar-refractivity contribution < 1.29 is 0 Å². The Kier molecular flexibility index (Phi) is 3.41. The smallest absolute Gasteiger partial charge is 0.0247 e. The lowest BCUT2D eigenvalue weighted by molar-refractivity contribution is 1.42. The Morgan fingerprint density at radius 1 is 0.933 bits per heavy atom. The summed E-state index contributed by atoms with van der Waals surface area (Å²) in [5, 5.41) is 0. The highest BCUT2D eigenvalue weighted by Crippen LogP contribution is 2.23. The van der Waals surface area contributed by atoms with Crippen LogP contribution in [0.5, 0.6) is 0 Å². The monoisotopic (exact) mass is 308 g/mol. The summed E-state index contributed by atoms with van der Waals surface area (Å²) in [6.07, 6.45) is 0. The van der Waals surface area contributed by atoms with Crippen molar-refractivity contribution in [2.45, 2.75) is 11.4 Å². The van der Waals surface area contributed by atoms with Crippen LogP contribution in [0.4, 0.5) is 0 Å². The van der Waals surface area contributed by atoms with Gasteiger partial charge < -0.3 is 0 Å². The van der Waals surface area contributed by atoms with Gasteiger partial charge in [-0.2, -0.15) is 0 Å². The topological polar surface area (TPSA) is 0 Å². The number of rotatable bonds is 2. The summed E-state index contributed by atoms with van der Waals surface area (Å²) in [5.74, 6) is 0. The quantitative estimate of drug-likeness (QED) is 0.562. The van der Waals surface area contributed by atoms with Crippen LogP contribution in [0.2, 0.25) is 0 Å². The molecule has 0 spiro atoms. The molecule has 0 aliphatic rings. The van der Waals surface area contributed by atoms with Gasteiger partial charge in [0.1, 0.15) is 0 Å². The molecule has 0 aliphatic heterocycles. The molecule has 0 radical (unpaired) electrons. The maximum Gasteiger partial charge on any atom is 0.0247 e. The van der Waals surface area contributed by atoms with Crippen LogP contribution < -0.4 is 0 Å². The first-order valence-electron chi connectivity index (χ1n) is 5.02. The average molecular weight is 308 g/mol. The second kappa shape index (κ2) is 4.79. The van der Waals surface area contributed by atoms with Gasteiger partial charge in [0.05, 0.1) is 0 Å². The van der Waals surface area contributed by atoms with Gasteiger partial charge in [0.25, 0.3) is 0 Å². The molecular formula is C14H13I. The predicted molar refractivity (Wildman–Crippen MR) is 74.3 cm³/mol. The highest BCUT2D eigenvalue weighted by molar-refractivity contribution is 14.1. The van der Waals surface area contributed by atoms with E-state index < -0.39 is 0 Å². The van der Waals surface area contributed by atoms with Crippen LogP contribution in [-0.2, 0) is 4.43 Å². The van der Waals surface area contributed by atoms with E-state index in [2.05, 4.69) is 78.0 Å². The zero-order valence-corrected chi connectivity index (χ0v) is 10.9. The van der Waals surface area contributed by atoms with Crippen LogP contribution in [0, 0.1) is 6.92 Å². The Hall–Kier alpha value is -0.830. The summed E-state index contributed by atoms with van der Waals surface area (Å²) >= 11 is 2.39. The largest absolute Gasteiger partial charge is 0.0812 e. The Labute approximate surface area is 104 Å². The van der Waals surface area contributed by atoms with Gasteiger partial charge in [-0.3, -0.25) is 0 Å². The van der Waals surface area contributed by atoms with E-state index in [-0.39, 0.29) is 0 Å². The van der Waals surface area contributed by atoms with Crippen LogP contribution in [0.3, 0.4) is 0 Å². The first-order chi connectivity index (χ1) is 7.31. The molecule has 0 aromatic heterocycles. The first kappa shape index (κ1) is 10.7. The predicted octanol–water partition coefficient (Wildman–Crippen LogP) is 4.60. The molecule has 0 aliphatic carbocycles. The number of alkyl halides is 1. The van der Waals surface area contributed by atoms with Crippen molar-refractivity contribution in [1.82, 2.24) is 0 Å². The maximum absolute atomic E-state index is 2.39. The third kappa shape index (κ3) is 2.40. The lowest BCUT2D eigenvalue weighted by atomic mass is 10.00. The standard InChI is InChI=1S/C14H13I/c1-11-4-2-3-5-14(11)13-8-6-12(10-15)7-9-13/h2-9H,10H2,1H3. The van der Waals surface area contributed by atoms with Crippen LogP contribution >= 0.6 is 22.6 Å². The molecule has 0 bridgehead atoms. The highest BCUT2D eigenvalue weighted by atomic mass is 127. The van der Waals surface area contributed by atoms with Crippen molar-refractivity contribution in [2.75, 3.05) is 0 Å². The molecule has 0 heterocycles. The highest BCUT2D eigenvalue weighted by Gasteiger charge is 1.99. The summed E-state index contributed by atoms with van der Waals surface area (Å²) in [6.45, 7) is 2.15. The minimum atomic E-state index is 1.08. The van der Waals surface area contributed by atoms with Crippen molar-refractivity contribution in [3.8, 4) is 11.1 Å². The molecule has 76 valence electrons. The summed E-state index contributed by atoms with van der Waals surface area (Å²) in [4.78, 5) is 0. The van der Waals surface area contributed by atoms with Crippen LogP contribution in [0.25, 0.3) is 11.1 Å². The van der Waals surface area contributed by atoms with E-state index in [1.807, 2.05) is 0 Å². The van der Waals surface area contributed by atoms with E-state index in [0.717, 1.165) is 4.43 Å². The van der Waals surface area contributed by atoms with E-state index in [0.29, 0.717) is 0 Å². The molecule has 0 fully saturated rings. The van der Waals surface area contributed by atoms with Gasteiger partial charge in [-0.05, 0) is 29.2 Å². The summed E-state index contributed by atoms with van der Waals surface area (Å²) < 4.78 is 1.08. The molecule has 2 aromatic rings. The van der Waals surface area contributed by atoms with Crippen molar-refractivity contribution in [3.05, 3.63) is 59.7 Å². The van der Waals surface area contributed by atoms with E-state index in [1.165, 1.54) is 22.3 Å². The molecular weight excluding hydrogens is 295 g/mol. The van der Waals surface area contributed by atoms with Gasteiger partial charge in [-0.15, -0.1) is 0 Å². The fraction of sp³-hybridized carbons (Fsp3) is 0.143. The van der Waals surface area contributed by atoms with Gasteiger partial charge in [0.15, 0.2) is 0 Å². The maximum atomic E-state index is 2.39. The average Bonchev–Trinajstić information content (AvgIpc) is 2.30. The minimum absolute atomic E-state index is 1.08. The summed E-state index contributed by atoms with van der Waals surface area (Å²) in [5.41, 5.74) is 5.35. The van der Waals surface area contributed by atoms with E-state index in [1.54, 1.807) is 0 Å². The Bertz CT molecular complexity index is 443. The fourth-order valence-electron chi connectivity index (χ4n) is 1.67. The zero-order chi connectivity index (χ0) is 10.7. The molecule has 0 saturated heterocycles. The SMILES string of the molecule is Cc1ccccc1-c1ccc(CI)cc1. The van der Waals surface area contributed by atoms with E-state index >= 15 is 0 Å². The van der Waals surface area contributed by atoms with Gasteiger partial charge in [0, 0.05) is 4.43 Å². The van der Waals surface area contributed by atoms with Crippen molar-refractivity contribution in [1.29, 1.82) is 0 Å². The number of aryl methyl sites for hydroxylation is 1. The minimum Gasteiger partial charge on any atom is -0.0812 e. The van der Waals surface area contributed by atoms with Crippen molar-refractivity contribution >= 4 is 22.6 Å². The normalized spacial score (nSPS) is 10.3. The Morgan fingerprint density at radius 3 is 2.20 bits per heavy atom. The van der Waals surface area contributed by atoms with Crippen LogP contribution in [-0.4, -0.2) is 0 Å². The number of halogens is 1. The van der Waals surface area contributed by atoms with E-state index in [9.17, 15) is 0 Å². The molecule has 0 atom stereocenters.